The van der Waals surface area contributed by atoms with E-state index in [1.165, 1.54) is 12.1 Å². The molecular formula is C15H16F2N2. The summed E-state index contributed by atoms with van der Waals surface area (Å²) in [6.07, 6.45) is 0. The van der Waals surface area contributed by atoms with E-state index in [1.54, 1.807) is 0 Å². The lowest BCUT2D eigenvalue weighted by Crippen LogP contribution is -2.28. The van der Waals surface area contributed by atoms with Crippen LogP contribution >= 0.6 is 0 Å². The molecule has 19 heavy (non-hydrogen) atoms. The topological polar surface area (TPSA) is 38.0 Å². The molecule has 0 saturated carbocycles. The fourth-order valence-corrected chi connectivity index (χ4v) is 2.02. The van der Waals surface area contributed by atoms with Gasteiger partial charge in [0, 0.05) is 24.7 Å². The molecule has 0 spiro atoms. The van der Waals surface area contributed by atoms with E-state index >= 15 is 0 Å². The highest BCUT2D eigenvalue weighted by atomic mass is 19.1. The second-order valence-electron chi connectivity index (χ2n) is 4.25. The molecule has 0 aromatic heterocycles. The van der Waals surface area contributed by atoms with Gasteiger partial charge in [-0.1, -0.05) is 36.4 Å². The lowest BCUT2D eigenvalue weighted by molar-refractivity contribution is 0.536. The summed E-state index contributed by atoms with van der Waals surface area (Å²) in [5, 5.41) is 3.17. The van der Waals surface area contributed by atoms with Crippen molar-refractivity contribution in [3.8, 4) is 0 Å². The summed E-state index contributed by atoms with van der Waals surface area (Å²) in [6, 6.07) is 12.8. The van der Waals surface area contributed by atoms with E-state index in [9.17, 15) is 8.78 Å². The first-order valence-corrected chi connectivity index (χ1v) is 6.15. The SMILES string of the molecule is NCCN[C@H](c1ccccc1)c1ccc(F)cc1F. The zero-order chi connectivity index (χ0) is 13.7. The molecule has 0 aliphatic carbocycles. The second-order valence-corrected chi connectivity index (χ2v) is 4.25. The molecule has 0 unspecified atom stereocenters. The summed E-state index contributed by atoms with van der Waals surface area (Å²) in [7, 11) is 0. The summed E-state index contributed by atoms with van der Waals surface area (Å²) in [4.78, 5) is 0. The minimum Gasteiger partial charge on any atom is -0.329 e. The molecule has 0 aliphatic heterocycles. The lowest BCUT2D eigenvalue weighted by Gasteiger charge is -2.20. The van der Waals surface area contributed by atoms with Crippen molar-refractivity contribution < 1.29 is 8.78 Å². The minimum atomic E-state index is -0.577. The van der Waals surface area contributed by atoms with Crippen LogP contribution in [0.3, 0.4) is 0 Å². The fourth-order valence-electron chi connectivity index (χ4n) is 2.02. The van der Waals surface area contributed by atoms with Gasteiger partial charge in [0.15, 0.2) is 0 Å². The molecule has 2 aromatic rings. The summed E-state index contributed by atoms with van der Waals surface area (Å²) < 4.78 is 26.9. The summed E-state index contributed by atoms with van der Waals surface area (Å²) in [6.45, 7) is 1.00. The quantitative estimate of drug-likeness (QED) is 0.869. The highest BCUT2D eigenvalue weighted by Crippen LogP contribution is 2.24. The van der Waals surface area contributed by atoms with Crippen molar-refractivity contribution in [1.29, 1.82) is 0 Å². The molecule has 4 heteroatoms. The van der Waals surface area contributed by atoms with Crippen molar-refractivity contribution in [3.05, 3.63) is 71.3 Å². The number of hydrogen-bond acceptors (Lipinski definition) is 2. The summed E-state index contributed by atoms with van der Waals surface area (Å²) in [5.74, 6) is -1.13. The highest BCUT2D eigenvalue weighted by Gasteiger charge is 2.17. The molecule has 0 radical (unpaired) electrons. The molecule has 0 heterocycles. The Morgan fingerprint density at radius 1 is 1.05 bits per heavy atom. The second kappa shape index (κ2) is 6.41. The van der Waals surface area contributed by atoms with Gasteiger partial charge in [-0.2, -0.15) is 0 Å². The Hall–Kier alpha value is -1.78. The van der Waals surface area contributed by atoms with Gasteiger partial charge >= 0.3 is 0 Å². The van der Waals surface area contributed by atoms with Gasteiger partial charge in [-0.15, -0.1) is 0 Å². The molecule has 2 nitrogen and oxygen atoms in total. The Balaban J connectivity index is 2.37. The smallest absolute Gasteiger partial charge is 0.131 e. The predicted octanol–water partition coefficient (Wildman–Crippen LogP) is 2.60. The van der Waals surface area contributed by atoms with Crippen LogP contribution in [0.2, 0.25) is 0 Å². The van der Waals surface area contributed by atoms with Crippen molar-refractivity contribution in [1.82, 2.24) is 5.32 Å². The van der Waals surface area contributed by atoms with Crippen LogP contribution in [-0.4, -0.2) is 13.1 Å². The number of nitrogens with one attached hydrogen (secondary N) is 1. The van der Waals surface area contributed by atoms with Crippen molar-refractivity contribution >= 4 is 0 Å². The fraction of sp³-hybridized carbons (Fsp3) is 0.200. The largest absolute Gasteiger partial charge is 0.329 e. The average Bonchev–Trinajstić information content (AvgIpc) is 2.42. The van der Waals surface area contributed by atoms with Crippen LogP contribution < -0.4 is 11.1 Å². The first kappa shape index (κ1) is 13.6. The number of nitrogens with two attached hydrogens (primary N) is 1. The Labute approximate surface area is 111 Å². The van der Waals surface area contributed by atoms with E-state index in [1.807, 2.05) is 30.3 Å². The molecule has 3 N–H and O–H groups in total. The van der Waals surface area contributed by atoms with Gasteiger partial charge in [-0.05, 0) is 11.6 Å². The molecule has 0 fully saturated rings. The predicted molar refractivity (Wildman–Crippen MR) is 71.7 cm³/mol. The molecule has 100 valence electrons. The van der Waals surface area contributed by atoms with E-state index in [0.717, 1.165) is 11.6 Å². The number of hydrogen-bond donors (Lipinski definition) is 2. The first-order valence-electron chi connectivity index (χ1n) is 6.15. The van der Waals surface area contributed by atoms with Gasteiger partial charge in [0.25, 0.3) is 0 Å². The molecule has 1 atom stereocenters. The number of benzene rings is 2. The van der Waals surface area contributed by atoms with Crippen LogP contribution in [-0.2, 0) is 0 Å². The molecule has 0 amide bonds. The van der Waals surface area contributed by atoms with Gasteiger partial charge in [0.1, 0.15) is 11.6 Å². The summed E-state index contributed by atoms with van der Waals surface area (Å²) >= 11 is 0. The van der Waals surface area contributed by atoms with Crippen LogP contribution in [0.15, 0.2) is 48.5 Å². The van der Waals surface area contributed by atoms with Crippen molar-refractivity contribution in [2.75, 3.05) is 13.1 Å². The highest BCUT2D eigenvalue weighted by molar-refractivity contribution is 5.32. The number of rotatable bonds is 5. The molecule has 0 saturated heterocycles. The Morgan fingerprint density at radius 3 is 2.42 bits per heavy atom. The third-order valence-corrected chi connectivity index (χ3v) is 2.90. The van der Waals surface area contributed by atoms with Gasteiger partial charge in [-0.25, -0.2) is 8.78 Å². The summed E-state index contributed by atoms with van der Waals surface area (Å²) in [5.41, 5.74) is 6.81. The van der Waals surface area contributed by atoms with Gasteiger partial charge < -0.3 is 11.1 Å². The third kappa shape index (κ3) is 3.36. The monoisotopic (exact) mass is 262 g/mol. The Kier molecular flexibility index (Phi) is 4.60. The van der Waals surface area contributed by atoms with Crippen LogP contribution in [0.25, 0.3) is 0 Å². The zero-order valence-corrected chi connectivity index (χ0v) is 10.4. The van der Waals surface area contributed by atoms with Crippen molar-refractivity contribution in [3.63, 3.8) is 0 Å². The average molecular weight is 262 g/mol. The Bertz CT molecular complexity index is 529. The van der Waals surface area contributed by atoms with E-state index in [0.29, 0.717) is 18.7 Å². The van der Waals surface area contributed by atoms with Crippen LogP contribution in [0.5, 0.6) is 0 Å². The molecule has 2 rings (SSSR count). The van der Waals surface area contributed by atoms with Crippen molar-refractivity contribution in [2.24, 2.45) is 5.73 Å². The van der Waals surface area contributed by atoms with Gasteiger partial charge in [0.2, 0.25) is 0 Å². The normalized spacial score (nSPS) is 12.4. The van der Waals surface area contributed by atoms with Gasteiger partial charge in [-0.3, -0.25) is 0 Å². The molecule has 0 aliphatic rings. The van der Waals surface area contributed by atoms with E-state index in [4.69, 9.17) is 5.73 Å². The van der Waals surface area contributed by atoms with Crippen LogP contribution in [0.4, 0.5) is 8.78 Å². The maximum absolute atomic E-state index is 13.9. The third-order valence-electron chi connectivity index (χ3n) is 2.90. The van der Waals surface area contributed by atoms with Gasteiger partial charge in [0.05, 0.1) is 6.04 Å². The lowest BCUT2D eigenvalue weighted by atomic mass is 9.98. The van der Waals surface area contributed by atoms with E-state index in [2.05, 4.69) is 5.32 Å². The number of halogens is 2. The maximum atomic E-state index is 13.9. The standard InChI is InChI=1S/C15H16F2N2/c16-12-6-7-13(14(17)10-12)15(19-9-8-18)11-4-2-1-3-5-11/h1-7,10,15,19H,8-9,18H2/t15-/m1/s1. The van der Waals surface area contributed by atoms with Crippen LogP contribution in [0, 0.1) is 11.6 Å². The molecule has 0 bridgehead atoms. The van der Waals surface area contributed by atoms with E-state index in [-0.39, 0.29) is 6.04 Å². The Morgan fingerprint density at radius 2 is 1.79 bits per heavy atom. The molecular weight excluding hydrogens is 246 g/mol. The zero-order valence-electron chi connectivity index (χ0n) is 10.4. The molecule has 2 aromatic carbocycles. The van der Waals surface area contributed by atoms with Crippen LogP contribution in [0.1, 0.15) is 17.2 Å². The van der Waals surface area contributed by atoms with Crippen molar-refractivity contribution in [2.45, 2.75) is 6.04 Å². The minimum absolute atomic E-state index is 0.328. The van der Waals surface area contributed by atoms with E-state index < -0.39 is 11.6 Å². The first-order chi connectivity index (χ1) is 9.22. The maximum Gasteiger partial charge on any atom is 0.131 e.